The Balaban J connectivity index is 3.70. The number of thiol groups is 1. The summed E-state index contributed by atoms with van der Waals surface area (Å²) in [6, 6.07) is 0. The van der Waals surface area contributed by atoms with E-state index in [4.69, 9.17) is 5.11 Å². The molecule has 5 nitrogen and oxygen atoms in total. The zero-order valence-electron chi connectivity index (χ0n) is 7.85. The van der Waals surface area contributed by atoms with Gasteiger partial charge in [0.05, 0.1) is 10.5 Å². The monoisotopic (exact) mass is 230 g/mol. The minimum Gasteiger partial charge on any atom is -0.504 e. The Hall–Kier alpha value is -1.56. The zero-order valence-corrected chi connectivity index (χ0v) is 8.75. The van der Waals surface area contributed by atoms with Gasteiger partial charge in [0.25, 0.3) is 0 Å². The third-order valence-electron chi connectivity index (χ3n) is 2.06. The van der Waals surface area contributed by atoms with E-state index in [1.165, 1.54) is 0 Å². The average molecular weight is 230 g/mol. The molecule has 0 fully saturated rings. The fourth-order valence-electron chi connectivity index (χ4n) is 1.32. The van der Waals surface area contributed by atoms with Crippen LogP contribution in [0.1, 0.15) is 22.8 Å². The van der Waals surface area contributed by atoms with Crippen LogP contribution in [-0.2, 0) is 6.42 Å². The smallest absolute Gasteiger partial charge is 0.337 e. The molecule has 0 atom stereocenters. The predicted molar refractivity (Wildman–Crippen MR) is 55.0 cm³/mol. The SMILES string of the molecule is CCc1c(O)c(O)c(O)c(S)c1C(=O)O. The summed E-state index contributed by atoms with van der Waals surface area (Å²) in [5.74, 6) is -3.42. The standard InChI is InChI=1S/C9H10O5S/c1-2-3-4(9(13)14)8(15)7(12)6(11)5(3)10/h10-12,15H,2H2,1H3,(H,13,14). The first kappa shape index (κ1) is 11.5. The summed E-state index contributed by atoms with van der Waals surface area (Å²) < 4.78 is 0. The van der Waals surface area contributed by atoms with Crippen molar-refractivity contribution in [3.05, 3.63) is 11.1 Å². The second-order valence-corrected chi connectivity index (χ2v) is 3.35. The summed E-state index contributed by atoms with van der Waals surface area (Å²) in [5, 5.41) is 36.8. The highest BCUT2D eigenvalue weighted by molar-refractivity contribution is 7.80. The van der Waals surface area contributed by atoms with Gasteiger partial charge in [-0.3, -0.25) is 0 Å². The van der Waals surface area contributed by atoms with Crippen molar-refractivity contribution in [1.29, 1.82) is 0 Å². The lowest BCUT2D eigenvalue weighted by Crippen LogP contribution is -2.04. The van der Waals surface area contributed by atoms with Gasteiger partial charge in [-0.15, -0.1) is 12.6 Å². The van der Waals surface area contributed by atoms with Crippen LogP contribution in [0.3, 0.4) is 0 Å². The highest BCUT2D eigenvalue weighted by atomic mass is 32.1. The molecule has 4 N–H and O–H groups in total. The Morgan fingerprint density at radius 1 is 1.20 bits per heavy atom. The largest absolute Gasteiger partial charge is 0.504 e. The van der Waals surface area contributed by atoms with Gasteiger partial charge in [-0.05, 0) is 6.42 Å². The molecule has 1 rings (SSSR count). The van der Waals surface area contributed by atoms with Gasteiger partial charge in [0.1, 0.15) is 0 Å². The maximum absolute atomic E-state index is 10.9. The number of phenols is 3. The van der Waals surface area contributed by atoms with Crippen molar-refractivity contribution in [3.8, 4) is 17.2 Å². The number of aromatic hydroxyl groups is 3. The molecule has 0 aliphatic carbocycles. The predicted octanol–water partition coefficient (Wildman–Crippen LogP) is 1.35. The first-order valence-corrected chi connectivity index (χ1v) is 4.58. The van der Waals surface area contributed by atoms with Gasteiger partial charge in [-0.1, -0.05) is 6.92 Å². The van der Waals surface area contributed by atoms with Gasteiger partial charge in [0.2, 0.25) is 5.75 Å². The van der Waals surface area contributed by atoms with Crippen LogP contribution in [0.4, 0.5) is 0 Å². The third kappa shape index (κ3) is 1.68. The lowest BCUT2D eigenvalue weighted by atomic mass is 10.0. The second-order valence-electron chi connectivity index (χ2n) is 2.91. The molecule has 0 bridgehead atoms. The lowest BCUT2D eigenvalue weighted by Gasteiger charge is -2.12. The van der Waals surface area contributed by atoms with Crippen molar-refractivity contribution < 1.29 is 25.2 Å². The van der Waals surface area contributed by atoms with E-state index < -0.39 is 23.2 Å². The molecule has 0 heterocycles. The van der Waals surface area contributed by atoms with E-state index in [1.807, 2.05) is 0 Å². The van der Waals surface area contributed by atoms with Crippen molar-refractivity contribution in [1.82, 2.24) is 0 Å². The third-order valence-corrected chi connectivity index (χ3v) is 2.50. The zero-order chi connectivity index (χ0) is 11.7. The quantitative estimate of drug-likeness (QED) is 0.390. The van der Waals surface area contributed by atoms with E-state index in [2.05, 4.69) is 12.6 Å². The van der Waals surface area contributed by atoms with Crippen molar-refractivity contribution in [2.45, 2.75) is 18.2 Å². The van der Waals surface area contributed by atoms with Crippen LogP contribution in [0, 0.1) is 0 Å². The highest BCUT2D eigenvalue weighted by Gasteiger charge is 2.24. The van der Waals surface area contributed by atoms with Crippen molar-refractivity contribution in [2.24, 2.45) is 0 Å². The van der Waals surface area contributed by atoms with Crippen LogP contribution >= 0.6 is 12.6 Å². The molecule has 0 aliphatic heterocycles. The molecule has 0 spiro atoms. The topological polar surface area (TPSA) is 98.0 Å². The molecule has 1 aromatic carbocycles. The molecule has 0 saturated heterocycles. The van der Waals surface area contributed by atoms with Crippen LogP contribution in [-0.4, -0.2) is 26.4 Å². The molecule has 82 valence electrons. The lowest BCUT2D eigenvalue weighted by molar-refractivity contribution is 0.0690. The van der Waals surface area contributed by atoms with Gasteiger partial charge >= 0.3 is 5.97 Å². The maximum atomic E-state index is 10.9. The Morgan fingerprint density at radius 2 is 1.73 bits per heavy atom. The van der Waals surface area contributed by atoms with Crippen molar-refractivity contribution >= 4 is 18.6 Å². The van der Waals surface area contributed by atoms with Crippen LogP contribution in [0.15, 0.2) is 4.90 Å². The summed E-state index contributed by atoms with van der Waals surface area (Å²) in [6.45, 7) is 1.62. The molecule has 0 unspecified atom stereocenters. The highest BCUT2D eigenvalue weighted by Crippen LogP contribution is 2.44. The Labute approximate surface area is 91.0 Å². The summed E-state index contributed by atoms with van der Waals surface area (Å²) in [6.07, 6.45) is 0.203. The van der Waals surface area contributed by atoms with E-state index in [0.29, 0.717) is 0 Å². The fourth-order valence-corrected chi connectivity index (χ4v) is 1.66. The molecule has 0 saturated carbocycles. The number of rotatable bonds is 2. The van der Waals surface area contributed by atoms with Crippen LogP contribution in [0.5, 0.6) is 17.2 Å². The Kier molecular flexibility index (Phi) is 2.99. The molecule has 0 radical (unpaired) electrons. The van der Waals surface area contributed by atoms with Crippen LogP contribution < -0.4 is 0 Å². The number of carboxylic acid groups (broad SMARTS) is 1. The first-order chi connectivity index (χ1) is 6.91. The minimum atomic E-state index is -1.32. The van der Waals surface area contributed by atoms with Gasteiger partial charge in [-0.2, -0.15) is 0 Å². The van der Waals surface area contributed by atoms with Gasteiger partial charge in [0.15, 0.2) is 11.5 Å². The van der Waals surface area contributed by atoms with E-state index in [9.17, 15) is 20.1 Å². The number of carbonyl (C=O) groups is 1. The van der Waals surface area contributed by atoms with Gasteiger partial charge in [0, 0.05) is 5.56 Å². The number of hydrogen-bond donors (Lipinski definition) is 5. The van der Waals surface area contributed by atoms with Crippen LogP contribution in [0.2, 0.25) is 0 Å². The van der Waals surface area contributed by atoms with E-state index in [0.717, 1.165) is 0 Å². The van der Waals surface area contributed by atoms with Crippen molar-refractivity contribution in [3.63, 3.8) is 0 Å². The summed E-state index contributed by atoms with van der Waals surface area (Å²) >= 11 is 3.79. The number of carboxylic acids is 1. The van der Waals surface area contributed by atoms with Crippen molar-refractivity contribution in [2.75, 3.05) is 0 Å². The molecule has 0 amide bonds. The average Bonchev–Trinajstić information content (AvgIpc) is 2.19. The summed E-state index contributed by atoms with van der Waals surface area (Å²) in [4.78, 5) is 10.6. The first-order valence-electron chi connectivity index (χ1n) is 4.13. The fraction of sp³-hybridized carbons (Fsp3) is 0.222. The Morgan fingerprint density at radius 3 is 2.13 bits per heavy atom. The van der Waals surface area contributed by atoms with E-state index in [1.54, 1.807) is 6.92 Å². The Bertz CT molecular complexity index is 427. The number of phenolic OH excluding ortho intramolecular Hbond substituents is 3. The molecule has 1 aromatic rings. The molecular formula is C9H10O5S. The summed E-state index contributed by atoms with van der Waals surface area (Å²) in [5.41, 5.74) is -0.253. The summed E-state index contributed by atoms with van der Waals surface area (Å²) in [7, 11) is 0. The second kappa shape index (κ2) is 3.90. The maximum Gasteiger partial charge on any atom is 0.337 e. The van der Waals surface area contributed by atoms with Gasteiger partial charge in [-0.25, -0.2) is 4.79 Å². The van der Waals surface area contributed by atoms with Gasteiger partial charge < -0.3 is 20.4 Å². The van der Waals surface area contributed by atoms with Crippen LogP contribution in [0.25, 0.3) is 0 Å². The minimum absolute atomic E-state index is 0.0443. The number of benzene rings is 1. The molecule has 0 aromatic heterocycles. The molecule has 0 aliphatic rings. The number of hydrogen-bond acceptors (Lipinski definition) is 5. The number of aromatic carboxylic acids is 1. The molecular weight excluding hydrogens is 220 g/mol. The molecule has 6 heteroatoms. The van der Waals surface area contributed by atoms with E-state index in [-0.39, 0.29) is 22.4 Å². The molecule has 15 heavy (non-hydrogen) atoms. The normalized spacial score (nSPS) is 10.3. The van der Waals surface area contributed by atoms with E-state index >= 15 is 0 Å².